The van der Waals surface area contributed by atoms with Crippen LogP contribution in [0, 0.1) is 12.1 Å². The smallest absolute Gasteiger partial charge is 0.319 e. The van der Waals surface area contributed by atoms with Gasteiger partial charge in [0.1, 0.15) is 5.65 Å². The molecule has 0 unspecified atom stereocenters. The van der Waals surface area contributed by atoms with Crippen molar-refractivity contribution in [2.75, 3.05) is 0 Å². The molecule has 0 radical (unpaired) electrons. The van der Waals surface area contributed by atoms with Gasteiger partial charge in [0.15, 0.2) is 0 Å². The Hall–Kier alpha value is -3.75. The van der Waals surface area contributed by atoms with Gasteiger partial charge in [0.25, 0.3) is 0 Å². The standard InChI is InChI=1S/C36H33N3.Ni/c1-35(2,3)26-18-19-32-28(22-26)29-23-30(36(4,5)6)33(38-34(29)39(32)27-15-8-7-9-16-27)25-14-12-13-24(21-25)31-17-10-11-20-37-31;/h7-15,17-20,22-23H,1-6H3;/q-2;+2. The van der Waals surface area contributed by atoms with Crippen LogP contribution in [0.15, 0.2) is 91.1 Å². The SMILES string of the molecule is CC(C)(C)c1ccc2c(c1)c1cc(C(C)(C)C)c(-c3[c-]c(-c4ccccn4)ccc3)nc1n2-c1[c-]cccc1.[Ni+2]. The Bertz CT molecular complexity index is 1810. The molecule has 0 N–H and O–H groups in total. The zero-order valence-corrected chi connectivity index (χ0v) is 24.8. The zero-order chi connectivity index (χ0) is 27.4. The molecule has 4 heteroatoms. The molecule has 0 saturated carbocycles. The topological polar surface area (TPSA) is 30.7 Å². The second-order valence-corrected chi connectivity index (χ2v) is 12.3. The van der Waals surface area contributed by atoms with Gasteiger partial charge >= 0.3 is 16.5 Å². The van der Waals surface area contributed by atoms with E-state index < -0.39 is 0 Å². The molecule has 0 aliphatic rings. The van der Waals surface area contributed by atoms with Crippen LogP contribution in [0.3, 0.4) is 0 Å². The summed E-state index contributed by atoms with van der Waals surface area (Å²) in [6.07, 6.45) is 1.82. The van der Waals surface area contributed by atoms with Crippen molar-refractivity contribution in [3.8, 4) is 28.2 Å². The first-order valence-electron chi connectivity index (χ1n) is 13.5. The molecule has 0 fully saturated rings. The van der Waals surface area contributed by atoms with Crippen LogP contribution < -0.4 is 0 Å². The maximum atomic E-state index is 5.44. The Morgan fingerprint density at radius 2 is 1.50 bits per heavy atom. The van der Waals surface area contributed by atoms with Gasteiger partial charge in [-0.3, -0.25) is 9.97 Å². The minimum Gasteiger partial charge on any atom is -0.319 e. The predicted molar refractivity (Wildman–Crippen MR) is 162 cm³/mol. The molecular formula is C36H33N3Ni. The Morgan fingerprint density at radius 3 is 2.17 bits per heavy atom. The third kappa shape index (κ3) is 4.98. The van der Waals surface area contributed by atoms with E-state index in [9.17, 15) is 0 Å². The van der Waals surface area contributed by atoms with E-state index in [1.165, 1.54) is 16.5 Å². The molecular weight excluding hydrogens is 533 g/mol. The fourth-order valence-electron chi connectivity index (χ4n) is 5.22. The number of fused-ring (bicyclic) bond motifs is 3. The van der Waals surface area contributed by atoms with Crippen molar-refractivity contribution in [1.29, 1.82) is 0 Å². The number of pyridine rings is 2. The van der Waals surface area contributed by atoms with Crippen molar-refractivity contribution in [1.82, 2.24) is 14.5 Å². The van der Waals surface area contributed by atoms with Crippen molar-refractivity contribution in [2.24, 2.45) is 0 Å². The summed E-state index contributed by atoms with van der Waals surface area (Å²) in [6.45, 7) is 13.6. The Morgan fingerprint density at radius 1 is 0.725 bits per heavy atom. The van der Waals surface area contributed by atoms with E-state index in [1.807, 2.05) is 36.5 Å². The van der Waals surface area contributed by atoms with Crippen LogP contribution in [0.5, 0.6) is 0 Å². The number of para-hydroxylation sites is 1. The molecule has 3 nitrogen and oxygen atoms in total. The number of nitrogens with zero attached hydrogens (tertiary/aromatic N) is 3. The molecule has 6 aromatic rings. The molecule has 202 valence electrons. The van der Waals surface area contributed by atoms with Crippen LogP contribution in [0.2, 0.25) is 0 Å². The molecule has 0 saturated heterocycles. The monoisotopic (exact) mass is 565 g/mol. The number of hydrogen-bond donors (Lipinski definition) is 0. The van der Waals surface area contributed by atoms with Gasteiger partial charge in [-0.1, -0.05) is 82.6 Å². The first-order valence-corrected chi connectivity index (χ1v) is 13.5. The average Bonchev–Trinajstić information content (AvgIpc) is 3.25. The van der Waals surface area contributed by atoms with Crippen LogP contribution in [0.25, 0.3) is 50.1 Å². The molecule has 0 aliphatic carbocycles. The fourth-order valence-corrected chi connectivity index (χ4v) is 5.22. The summed E-state index contributed by atoms with van der Waals surface area (Å²) in [7, 11) is 0. The predicted octanol–water partition coefficient (Wildman–Crippen LogP) is 9.10. The van der Waals surface area contributed by atoms with E-state index in [0.717, 1.165) is 44.8 Å². The Balaban J connectivity index is 0.00000323. The molecule has 0 atom stereocenters. The van der Waals surface area contributed by atoms with Crippen LogP contribution in [0.1, 0.15) is 52.7 Å². The minimum atomic E-state index is -0.125. The quantitative estimate of drug-likeness (QED) is 0.158. The van der Waals surface area contributed by atoms with E-state index in [2.05, 4.69) is 118 Å². The van der Waals surface area contributed by atoms with E-state index in [0.29, 0.717) is 0 Å². The van der Waals surface area contributed by atoms with Crippen LogP contribution >= 0.6 is 0 Å². The zero-order valence-electron chi connectivity index (χ0n) is 23.8. The van der Waals surface area contributed by atoms with Gasteiger partial charge in [-0.05, 0) is 40.2 Å². The summed E-state index contributed by atoms with van der Waals surface area (Å²) in [6, 6.07) is 36.6. The van der Waals surface area contributed by atoms with Gasteiger partial charge in [0.05, 0.1) is 5.52 Å². The summed E-state index contributed by atoms with van der Waals surface area (Å²) in [5.74, 6) is 0. The molecule has 3 aromatic carbocycles. The number of benzene rings is 3. The summed E-state index contributed by atoms with van der Waals surface area (Å²) < 4.78 is 2.25. The maximum absolute atomic E-state index is 5.44. The number of aromatic nitrogens is 3. The molecule has 6 rings (SSSR count). The second kappa shape index (κ2) is 10.3. The first-order chi connectivity index (χ1) is 18.6. The van der Waals surface area contributed by atoms with Gasteiger partial charge in [-0.25, -0.2) is 0 Å². The van der Waals surface area contributed by atoms with Crippen molar-refractivity contribution >= 4 is 21.9 Å². The van der Waals surface area contributed by atoms with Crippen molar-refractivity contribution in [3.05, 3.63) is 114 Å². The maximum Gasteiger partial charge on any atom is 2.00 e. The van der Waals surface area contributed by atoms with Crippen molar-refractivity contribution < 1.29 is 16.5 Å². The summed E-state index contributed by atoms with van der Waals surface area (Å²) in [5, 5.41) is 2.37. The second-order valence-electron chi connectivity index (χ2n) is 12.3. The van der Waals surface area contributed by atoms with E-state index in [4.69, 9.17) is 4.98 Å². The fraction of sp³-hybridized carbons (Fsp3) is 0.222. The van der Waals surface area contributed by atoms with E-state index >= 15 is 0 Å². The van der Waals surface area contributed by atoms with Gasteiger partial charge in [-0.15, -0.1) is 30.3 Å². The molecule has 0 bridgehead atoms. The van der Waals surface area contributed by atoms with Gasteiger partial charge in [-0.2, -0.15) is 24.3 Å². The molecule has 40 heavy (non-hydrogen) atoms. The van der Waals surface area contributed by atoms with E-state index in [1.54, 1.807) is 0 Å². The van der Waals surface area contributed by atoms with Gasteiger partial charge < -0.3 is 4.57 Å². The van der Waals surface area contributed by atoms with Gasteiger partial charge in [0.2, 0.25) is 0 Å². The Labute approximate surface area is 247 Å². The molecule has 0 amide bonds. The van der Waals surface area contributed by atoms with Crippen LogP contribution in [-0.4, -0.2) is 14.5 Å². The number of rotatable bonds is 3. The van der Waals surface area contributed by atoms with Crippen LogP contribution in [0.4, 0.5) is 0 Å². The van der Waals surface area contributed by atoms with Crippen molar-refractivity contribution in [3.63, 3.8) is 0 Å². The summed E-state index contributed by atoms with van der Waals surface area (Å²) in [4.78, 5) is 10.00. The largest absolute Gasteiger partial charge is 2.00 e. The van der Waals surface area contributed by atoms with E-state index in [-0.39, 0.29) is 27.3 Å². The Kier molecular flexibility index (Phi) is 7.19. The first kappa shape index (κ1) is 27.8. The van der Waals surface area contributed by atoms with Crippen molar-refractivity contribution in [2.45, 2.75) is 52.4 Å². The minimum absolute atomic E-state index is 0. The molecule has 0 aliphatic heterocycles. The van der Waals surface area contributed by atoms with Crippen LogP contribution in [-0.2, 0) is 27.3 Å². The molecule has 0 spiro atoms. The summed E-state index contributed by atoms with van der Waals surface area (Å²) >= 11 is 0. The molecule has 3 heterocycles. The third-order valence-electron chi connectivity index (χ3n) is 7.34. The number of hydrogen-bond acceptors (Lipinski definition) is 2. The molecule has 3 aromatic heterocycles. The third-order valence-corrected chi connectivity index (χ3v) is 7.34. The normalized spacial score (nSPS) is 12.1. The summed E-state index contributed by atoms with van der Waals surface area (Å²) in [5.41, 5.74) is 9.25. The van der Waals surface area contributed by atoms with Gasteiger partial charge in [0, 0.05) is 28.4 Å². The average molecular weight is 566 g/mol.